The molecule has 6 aromatic rings. The summed E-state index contributed by atoms with van der Waals surface area (Å²) in [6, 6.07) is 17.8. The maximum atomic E-state index is 13.8. The van der Waals surface area contributed by atoms with E-state index >= 15 is 0 Å². The number of primary amides is 1. The average molecular weight is 588 g/mol. The molecule has 42 heavy (non-hydrogen) atoms. The van der Waals surface area contributed by atoms with Crippen LogP contribution in [-0.4, -0.2) is 26.6 Å². The summed E-state index contributed by atoms with van der Waals surface area (Å²) in [6.45, 7) is 1.85. The molecule has 0 aliphatic carbocycles. The van der Waals surface area contributed by atoms with Crippen LogP contribution in [0.4, 0.5) is 14.5 Å². The third-order valence-electron chi connectivity index (χ3n) is 6.90. The molecule has 0 saturated carbocycles. The predicted octanol–water partition coefficient (Wildman–Crippen LogP) is 6.62. The number of aryl methyl sites for hydroxylation is 1. The summed E-state index contributed by atoms with van der Waals surface area (Å²) in [4.78, 5) is 29.9. The van der Waals surface area contributed by atoms with Gasteiger partial charge in [0.25, 0.3) is 18.2 Å². The number of halogens is 2. The molecule has 0 aliphatic heterocycles. The van der Waals surface area contributed by atoms with Gasteiger partial charge in [-0.05, 0) is 42.1 Å². The molecule has 0 unspecified atom stereocenters. The molecule has 0 saturated heterocycles. The Bertz CT molecular complexity index is 1990. The summed E-state index contributed by atoms with van der Waals surface area (Å²) < 4.78 is 40.9. The molecule has 4 aromatic heterocycles. The Morgan fingerprint density at radius 2 is 1.90 bits per heavy atom. The zero-order chi connectivity index (χ0) is 29.5. The third-order valence-corrected chi connectivity index (χ3v) is 8.00. The Morgan fingerprint density at radius 3 is 2.64 bits per heavy atom. The zero-order valence-electron chi connectivity index (χ0n) is 22.4. The Hall–Kier alpha value is -5.10. The van der Waals surface area contributed by atoms with E-state index in [1.165, 1.54) is 18.3 Å². The average Bonchev–Trinajstić information content (AvgIpc) is 3.69. The van der Waals surface area contributed by atoms with Crippen LogP contribution in [0.1, 0.15) is 43.8 Å². The fourth-order valence-corrected chi connectivity index (χ4v) is 5.73. The van der Waals surface area contributed by atoms with Gasteiger partial charge in [-0.3, -0.25) is 14.3 Å². The number of thiophene rings is 1. The molecule has 0 spiro atoms. The Balaban J connectivity index is 1.33. The fourth-order valence-electron chi connectivity index (χ4n) is 4.72. The lowest BCUT2D eigenvalue weighted by molar-refractivity contribution is 0.0992. The van der Waals surface area contributed by atoms with Crippen molar-refractivity contribution in [1.29, 1.82) is 0 Å². The number of nitrogens with two attached hydrogens (primary N) is 1. The Morgan fingerprint density at radius 1 is 1.12 bits per heavy atom. The number of aromatic nitrogens is 3. The van der Waals surface area contributed by atoms with Crippen molar-refractivity contribution in [3.63, 3.8) is 0 Å². The molecule has 0 radical (unpaired) electrons. The van der Waals surface area contributed by atoms with Crippen LogP contribution in [0.25, 0.3) is 32.1 Å². The zero-order valence-corrected chi connectivity index (χ0v) is 23.2. The van der Waals surface area contributed by atoms with Crippen LogP contribution in [0, 0.1) is 6.92 Å². The molecular formula is C30H23F2N5O4S. The topological polar surface area (TPSA) is 125 Å². The van der Waals surface area contributed by atoms with Crippen molar-refractivity contribution in [2.24, 2.45) is 12.8 Å². The molecule has 0 atom stereocenters. The number of nitrogens with one attached hydrogen (secondary N) is 1. The van der Waals surface area contributed by atoms with Gasteiger partial charge in [-0.15, -0.1) is 11.3 Å². The number of pyridine rings is 1. The van der Waals surface area contributed by atoms with Crippen molar-refractivity contribution in [1.82, 2.24) is 14.8 Å². The fraction of sp³-hybridized carbons (Fsp3) is 0.133. The van der Waals surface area contributed by atoms with Gasteiger partial charge in [0.15, 0.2) is 5.76 Å². The number of hydrogen-bond acceptors (Lipinski definition) is 7. The first kappa shape index (κ1) is 27.1. The van der Waals surface area contributed by atoms with Gasteiger partial charge in [0.2, 0.25) is 0 Å². The number of benzene rings is 2. The van der Waals surface area contributed by atoms with Crippen LogP contribution in [0.15, 0.2) is 71.3 Å². The summed E-state index contributed by atoms with van der Waals surface area (Å²) in [6.07, 6.45) is -1.33. The van der Waals surface area contributed by atoms with E-state index in [1.807, 2.05) is 42.5 Å². The van der Waals surface area contributed by atoms with Crippen LogP contribution in [0.2, 0.25) is 0 Å². The third kappa shape index (κ3) is 4.85. The van der Waals surface area contributed by atoms with Gasteiger partial charge in [-0.1, -0.05) is 36.4 Å². The van der Waals surface area contributed by atoms with Crippen LogP contribution in [0.3, 0.4) is 0 Å². The summed E-state index contributed by atoms with van der Waals surface area (Å²) in [5, 5.41) is 9.20. The van der Waals surface area contributed by atoms with Gasteiger partial charge in [0, 0.05) is 29.1 Å². The maximum absolute atomic E-state index is 13.8. The van der Waals surface area contributed by atoms with Crippen molar-refractivity contribution in [3.8, 4) is 16.9 Å². The normalized spacial score (nSPS) is 11.5. The monoisotopic (exact) mass is 587 g/mol. The number of nitrogens with zero attached hydrogens (tertiary/aromatic N) is 3. The number of hydrogen-bond donors (Lipinski definition) is 2. The van der Waals surface area contributed by atoms with Crippen LogP contribution >= 0.6 is 11.3 Å². The molecule has 2 aromatic carbocycles. The maximum Gasteiger partial charge on any atom is 0.291 e. The Labute approximate surface area is 241 Å². The molecule has 212 valence electrons. The number of amides is 2. The van der Waals surface area contributed by atoms with Crippen LogP contribution < -0.4 is 15.8 Å². The van der Waals surface area contributed by atoms with Crippen molar-refractivity contribution in [3.05, 3.63) is 94.6 Å². The lowest BCUT2D eigenvalue weighted by Gasteiger charge is -2.10. The molecule has 6 rings (SSSR count). The van der Waals surface area contributed by atoms with Crippen molar-refractivity contribution < 1.29 is 27.5 Å². The van der Waals surface area contributed by atoms with E-state index in [2.05, 4.69) is 15.4 Å². The highest BCUT2D eigenvalue weighted by Crippen LogP contribution is 2.43. The number of carbonyl (C=O) groups is 2. The second-order valence-corrected chi connectivity index (χ2v) is 10.5. The Kier molecular flexibility index (Phi) is 6.91. The lowest BCUT2D eigenvalue weighted by atomic mass is 10.0. The molecule has 4 heterocycles. The summed E-state index contributed by atoms with van der Waals surface area (Å²) in [7, 11) is 1.72. The minimum Gasteiger partial charge on any atom is -0.485 e. The molecule has 12 heteroatoms. The number of rotatable bonds is 8. The first-order valence-electron chi connectivity index (χ1n) is 12.8. The van der Waals surface area contributed by atoms with E-state index in [0.29, 0.717) is 33.7 Å². The summed E-state index contributed by atoms with van der Waals surface area (Å²) in [5.41, 5.74) is 6.79. The molecule has 9 nitrogen and oxygen atoms in total. The molecule has 0 bridgehead atoms. The van der Waals surface area contributed by atoms with Crippen molar-refractivity contribution in [2.75, 3.05) is 5.32 Å². The van der Waals surface area contributed by atoms with Gasteiger partial charge in [0.1, 0.15) is 33.5 Å². The van der Waals surface area contributed by atoms with E-state index < -0.39 is 23.9 Å². The van der Waals surface area contributed by atoms with E-state index in [1.54, 1.807) is 24.7 Å². The summed E-state index contributed by atoms with van der Waals surface area (Å²) in [5.74, 6) is -0.490. The minimum atomic E-state index is -2.86. The molecule has 0 fully saturated rings. The number of alkyl halides is 2. The second-order valence-electron chi connectivity index (χ2n) is 9.50. The van der Waals surface area contributed by atoms with Gasteiger partial charge >= 0.3 is 0 Å². The predicted molar refractivity (Wildman–Crippen MR) is 155 cm³/mol. The quantitative estimate of drug-likeness (QED) is 0.206. The SMILES string of the molecule is Cc1c(-c2cc(C(F)F)nc3sc(C(N)=O)c(NC(=O)c4ccc(COc5cccc6ccccc56)o4)c23)cnn1C. The highest BCUT2D eigenvalue weighted by molar-refractivity contribution is 7.21. The van der Waals surface area contributed by atoms with E-state index in [-0.39, 0.29) is 27.8 Å². The minimum absolute atomic E-state index is 0.0360. The van der Waals surface area contributed by atoms with Crippen molar-refractivity contribution in [2.45, 2.75) is 20.0 Å². The first-order valence-corrected chi connectivity index (χ1v) is 13.6. The molecular weight excluding hydrogens is 564 g/mol. The number of carbonyl (C=O) groups excluding carboxylic acids is 2. The summed E-state index contributed by atoms with van der Waals surface area (Å²) >= 11 is 0.823. The number of ether oxygens (including phenoxy) is 1. The van der Waals surface area contributed by atoms with Gasteiger partial charge in [-0.2, -0.15) is 5.10 Å². The first-order chi connectivity index (χ1) is 20.2. The second kappa shape index (κ2) is 10.7. The lowest BCUT2D eigenvalue weighted by Crippen LogP contribution is -2.16. The number of anilines is 1. The van der Waals surface area contributed by atoms with E-state index in [4.69, 9.17) is 14.9 Å². The van der Waals surface area contributed by atoms with E-state index in [0.717, 1.165) is 22.1 Å². The van der Waals surface area contributed by atoms with Crippen LogP contribution in [-0.2, 0) is 13.7 Å². The number of fused-ring (bicyclic) bond motifs is 2. The standard InChI is InChI=1S/C30H23F2N5O4S/c1-15-20(13-34-37(15)2)19-12-21(27(31)32)35-30-24(19)25(26(42-30)28(33)38)36-29(39)23-11-10-17(41-23)14-40-22-9-5-7-16-6-3-4-8-18(16)22/h3-13,27H,14H2,1-2H3,(H2,33,38)(H,36,39). The highest BCUT2D eigenvalue weighted by atomic mass is 32.1. The van der Waals surface area contributed by atoms with E-state index in [9.17, 15) is 18.4 Å². The van der Waals surface area contributed by atoms with Gasteiger partial charge in [0.05, 0.1) is 11.9 Å². The van der Waals surface area contributed by atoms with Gasteiger partial charge < -0.3 is 20.2 Å². The molecule has 2 amide bonds. The van der Waals surface area contributed by atoms with Gasteiger partial charge in [-0.25, -0.2) is 13.8 Å². The largest absolute Gasteiger partial charge is 0.485 e. The smallest absolute Gasteiger partial charge is 0.291 e. The number of furan rings is 1. The van der Waals surface area contributed by atoms with Crippen molar-refractivity contribution >= 4 is 49.8 Å². The van der Waals surface area contributed by atoms with Crippen LogP contribution in [0.5, 0.6) is 5.75 Å². The molecule has 0 aliphatic rings. The molecule has 3 N–H and O–H groups in total. The highest BCUT2D eigenvalue weighted by Gasteiger charge is 2.27.